The highest BCUT2D eigenvalue weighted by Crippen LogP contribution is 2.63. The summed E-state index contributed by atoms with van der Waals surface area (Å²) in [6, 6.07) is 18.2. The Hall–Kier alpha value is -0.160. The van der Waals surface area contributed by atoms with Crippen LogP contribution >= 0.6 is 48.8 Å². The van der Waals surface area contributed by atoms with Crippen molar-refractivity contribution in [2.75, 3.05) is 0 Å². The van der Waals surface area contributed by atoms with Crippen LogP contribution in [0.4, 0.5) is 0 Å². The van der Waals surface area contributed by atoms with Gasteiger partial charge in [0.15, 0.2) is 0 Å². The molecule has 2 aromatic carbocycles. The maximum Gasteiger partial charge on any atom is 0.0187 e. The van der Waals surface area contributed by atoms with Gasteiger partial charge in [-0.25, -0.2) is 0 Å². The SMILES string of the molecule is SCc1ccc(CSC2CC3CC2C2CCC(SCc4ccc(CS)cc4)C32)cc1. The van der Waals surface area contributed by atoms with Gasteiger partial charge in [0, 0.05) is 33.5 Å². The number of hydrogen-bond acceptors (Lipinski definition) is 4. The van der Waals surface area contributed by atoms with Crippen LogP contribution in [0.5, 0.6) is 0 Å². The summed E-state index contributed by atoms with van der Waals surface area (Å²) < 4.78 is 0. The fraction of sp³-hybridized carbons (Fsp3) is 0.538. The predicted octanol–water partition coefficient (Wildman–Crippen LogP) is 7.52. The predicted molar refractivity (Wildman–Crippen MR) is 141 cm³/mol. The minimum absolute atomic E-state index is 0.836. The molecule has 0 nitrogen and oxygen atoms in total. The topological polar surface area (TPSA) is 0 Å². The van der Waals surface area contributed by atoms with Crippen LogP contribution in [-0.4, -0.2) is 10.5 Å². The largest absolute Gasteiger partial charge is 0.175 e. The Morgan fingerprint density at radius 2 is 1.17 bits per heavy atom. The molecular formula is C26H32S4. The molecule has 2 aromatic rings. The van der Waals surface area contributed by atoms with E-state index >= 15 is 0 Å². The van der Waals surface area contributed by atoms with Crippen LogP contribution in [0.15, 0.2) is 48.5 Å². The lowest BCUT2D eigenvalue weighted by molar-refractivity contribution is 0.270. The summed E-state index contributed by atoms with van der Waals surface area (Å²) in [5.41, 5.74) is 5.60. The first kappa shape index (κ1) is 21.7. The quantitative estimate of drug-likeness (QED) is 0.381. The van der Waals surface area contributed by atoms with E-state index in [1.807, 2.05) is 0 Å². The van der Waals surface area contributed by atoms with Crippen molar-refractivity contribution in [1.29, 1.82) is 0 Å². The standard InChI is InChI=1S/C26H32S4/c27-13-17-1-5-19(6-2-17)15-29-24-10-9-22-23-11-21(26(22)24)12-25(23)30-16-20-7-3-18(14-28)4-8-20/h1-8,21-28H,9-16H2. The average molecular weight is 473 g/mol. The molecule has 4 heteroatoms. The van der Waals surface area contributed by atoms with Crippen molar-refractivity contribution in [3.63, 3.8) is 0 Å². The maximum atomic E-state index is 4.37. The molecule has 0 amide bonds. The van der Waals surface area contributed by atoms with Crippen LogP contribution in [0.2, 0.25) is 0 Å². The van der Waals surface area contributed by atoms with Crippen molar-refractivity contribution >= 4 is 48.8 Å². The molecule has 30 heavy (non-hydrogen) atoms. The van der Waals surface area contributed by atoms with E-state index < -0.39 is 0 Å². The van der Waals surface area contributed by atoms with Crippen LogP contribution in [0, 0.1) is 23.7 Å². The van der Waals surface area contributed by atoms with Crippen LogP contribution < -0.4 is 0 Å². The summed E-state index contributed by atoms with van der Waals surface area (Å²) in [6.07, 6.45) is 5.91. The molecule has 0 aliphatic heterocycles. The van der Waals surface area contributed by atoms with Crippen LogP contribution in [0.25, 0.3) is 0 Å². The molecule has 0 N–H and O–H groups in total. The normalized spacial score (nSPS) is 31.9. The van der Waals surface area contributed by atoms with Crippen molar-refractivity contribution < 1.29 is 0 Å². The van der Waals surface area contributed by atoms with E-state index in [-0.39, 0.29) is 0 Å². The number of hydrogen-bond donors (Lipinski definition) is 2. The first-order chi connectivity index (χ1) is 14.7. The summed E-state index contributed by atoms with van der Waals surface area (Å²) in [6.45, 7) is 0. The first-order valence-electron chi connectivity index (χ1n) is 11.4. The van der Waals surface area contributed by atoms with E-state index in [4.69, 9.17) is 0 Å². The minimum atomic E-state index is 0.836. The van der Waals surface area contributed by atoms with Gasteiger partial charge < -0.3 is 0 Å². The average Bonchev–Trinajstić information content (AvgIpc) is 3.49. The van der Waals surface area contributed by atoms with Crippen molar-refractivity contribution in [1.82, 2.24) is 0 Å². The van der Waals surface area contributed by atoms with Crippen molar-refractivity contribution in [2.24, 2.45) is 23.7 Å². The second-order valence-corrected chi connectivity index (χ2v) is 12.4. The molecule has 3 fully saturated rings. The summed E-state index contributed by atoms with van der Waals surface area (Å²) in [7, 11) is 0. The van der Waals surface area contributed by atoms with Crippen molar-refractivity contribution in [3.05, 3.63) is 70.8 Å². The van der Waals surface area contributed by atoms with E-state index in [0.29, 0.717) is 0 Å². The highest BCUT2D eigenvalue weighted by Gasteiger charge is 2.57. The summed E-state index contributed by atoms with van der Waals surface area (Å²) in [5.74, 6) is 8.03. The fourth-order valence-electron chi connectivity index (χ4n) is 6.28. The van der Waals surface area contributed by atoms with Crippen molar-refractivity contribution in [3.8, 4) is 0 Å². The molecule has 0 spiro atoms. The zero-order chi connectivity index (χ0) is 20.5. The van der Waals surface area contributed by atoms with Gasteiger partial charge in [-0.15, -0.1) is 0 Å². The molecule has 3 aliphatic carbocycles. The Morgan fingerprint density at radius 1 is 0.633 bits per heavy atom. The van der Waals surface area contributed by atoms with Gasteiger partial charge in [-0.3, -0.25) is 0 Å². The Labute approximate surface area is 201 Å². The summed E-state index contributed by atoms with van der Waals surface area (Å²) in [4.78, 5) is 0. The third kappa shape index (κ3) is 4.49. The number of benzene rings is 2. The number of thioether (sulfide) groups is 2. The molecule has 0 aromatic heterocycles. The number of rotatable bonds is 8. The second kappa shape index (κ2) is 9.77. The molecule has 2 bridgehead atoms. The molecule has 6 unspecified atom stereocenters. The molecule has 0 radical (unpaired) electrons. The maximum absolute atomic E-state index is 4.37. The van der Waals surface area contributed by atoms with Gasteiger partial charge in [0.25, 0.3) is 0 Å². The van der Waals surface area contributed by atoms with Gasteiger partial charge in [0.05, 0.1) is 0 Å². The lowest BCUT2D eigenvalue weighted by atomic mass is 9.81. The van der Waals surface area contributed by atoms with Crippen LogP contribution in [0.3, 0.4) is 0 Å². The van der Waals surface area contributed by atoms with Gasteiger partial charge in [0.2, 0.25) is 0 Å². The van der Waals surface area contributed by atoms with Gasteiger partial charge in [-0.2, -0.15) is 48.8 Å². The minimum Gasteiger partial charge on any atom is -0.175 e. The van der Waals surface area contributed by atoms with E-state index in [1.54, 1.807) is 0 Å². The number of fused-ring (bicyclic) bond motifs is 5. The molecule has 160 valence electrons. The van der Waals surface area contributed by atoms with E-state index in [2.05, 4.69) is 97.3 Å². The highest BCUT2D eigenvalue weighted by atomic mass is 32.2. The summed E-state index contributed by atoms with van der Waals surface area (Å²) in [5, 5.41) is 1.80. The Balaban J connectivity index is 1.14. The highest BCUT2D eigenvalue weighted by molar-refractivity contribution is 7.99. The molecule has 0 heterocycles. The van der Waals surface area contributed by atoms with Gasteiger partial charge in [-0.1, -0.05) is 48.5 Å². The van der Waals surface area contributed by atoms with Gasteiger partial charge in [0.1, 0.15) is 0 Å². The monoisotopic (exact) mass is 472 g/mol. The fourth-order valence-corrected chi connectivity index (χ4v) is 9.79. The smallest absolute Gasteiger partial charge is 0.0187 e. The van der Waals surface area contributed by atoms with E-state index in [1.165, 1.54) is 59.4 Å². The van der Waals surface area contributed by atoms with Crippen molar-refractivity contribution in [2.45, 2.75) is 59.2 Å². The van der Waals surface area contributed by atoms with Gasteiger partial charge >= 0.3 is 0 Å². The van der Waals surface area contributed by atoms with Crippen LogP contribution in [-0.2, 0) is 23.0 Å². The molecule has 3 saturated carbocycles. The van der Waals surface area contributed by atoms with Gasteiger partial charge in [-0.05, 0) is 71.6 Å². The zero-order valence-corrected chi connectivity index (χ0v) is 20.9. The molecular weight excluding hydrogens is 441 g/mol. The molecule has 5 rings (SSSR count). The first-order valence-corrected chi connectivity index (χ1v) is 14.7. The van der Waals surface area contributed by atoms with E-state index in [9.17, 15) is 0 Å². The van der Waals surface area contributed by atoms with E-state index in [0.717, 1.165) is 45.7 Å². The molecule has 6 atom stereocenters. The number of thiol groups is 2. The third-order valence-electron chi connectivity index (χ3n) is 7.73. The summed E-state index contributed by atoms with van der Waals surface area (Å²) >= 11 is 13.2. The van der Waals surface area contributed by atoms with Crippen LogP contribution in [0.1, 0.15) is 47.9 Å². The Bertz CT molecular complexity index is 831. The molecule has 0 saturated heterocycles. The lowest BCUT2D eigenvalue weighted by Gasteiger charge is -2.33. The zero-order valence-electron chi connectivity index (χ0n) is 17.5. The lowest BCUT2D eigenvalue weighted by Crippen LogP contribution is -2.30. The second-order valence-electron chi connectivity index (χ2n) is 9.36. The Kier molecular flexibility index (Phi) is 7.06. The Morgan fingerprint density at radius 3 is 1.73 bits per heavy atom. The third-order valence-corrected chi connectivity index (χ3v) is 11.4. The molecule has 3 aliphatic rings.